The Kier molecular flexibility index (Phi) is 2.18. The van der Waals surface area contributed by atoms with Crippen molar-refractivity contribution < 1.29 is 9.90 Å². The minimum Gasteiger partial charge on any atom is -0.480 e. The van der Waals surface area contributed by atoms with Crippen LogP contribution in [-0.2, 0) is 4.79 Å². The van der Waals surface area contributed by atoms with E-state index in [-0.39, 0.29) is 0 Å². The van der Waals surface area contributed by atoms with Gasteiger partial charge in [-0.2, -0.15) is 0 Å². The van der Waals surface area contributed by atoms with E-state index in [1.54, 1.807) is 0 Å². The Morgan fingerprint density at radius 3 is 2.71 bits per heavy atom. The number of carboxylic acid groups (broad SMARTS) is 1. The van der Waals surface area contributed by atoms with Crippen LogP contribution < -0.4 is 5.32 Å². The van der Waals surface area contributed by atoms with Gasteiger partial charge in [-0.05, 0) is 0 Å². The second kappa shape index (κ2) is 3.49. The van der Waals surface area contributed by atoms with E-state index in [9.17, 15) is 4.79 Å². The maximum Gasteiger partial charge on any atom is 0.330 e. The summed E-state index contributed by atoms with van der Waals surface area (Å²) in [4.78, 5) is 14.7. The lowest BCUT2D eigenvalue weighted by Crippen LogP contribution is -2.25. The minimum atomic E-state index is -0.886. The van der Waals surface area contributed by atoms with Crippen molar-refractivity contribution in [1.82, 2.24) is 5.32 Å². The predicted octanol–water partition coefficient (Wildman–Crippen LogP) is 0.490. The lowest BCUT2D eigenvalue weighted by atomic mass is 10.2. The molecule has 1 atom stereocenters. The molecule has 4 heteroatoms. The first-order valence-electron chi connectivity index (χ1n) is 4.37. The Morgan fingerprint density at radius 2 is 2.14 bits per heavy atom. The SMILES string of the molecule is O=C(O)C1CNC(c2ccccc2)=N1. The quantitative estimate of drug-likeness (QED) is 0.713. The van der Waals surface area contributed by atoms with Crippen LogP contribution in [0, 0.1) is 0 Å². The highest BCUT2D eigenvalue weighted by atomic mass is 16.4. The van der Waals surface area contributed by atoms with Gasteiger partial charge >= 0.3 is 5.97 Å². The van der Waals surface area contributed by atoms with Gasteiger partial charge < -0.3 is 10.4 Å². The third-order valence-corrected chi connectivity index (χ3v) is 2.08. The summed E-state index contributed by atoms with van der Waals surface area (Å²) in [6.45, 7) is 0.375. The first kappa shape index (κ1) is 8.74. The van der Waals surface area contributed by atoms with Gasteiger partial charge in [0, 0.05) is 12.1 Å². The van der Waals surface area contributed by atoms with Crippen LogP contribution in [0.4, 0.5) is 0 Å². The molecule has 72 valence electrons. The molecule has 2 N–H and O–H groups in total. The van der Waals surface area contributed by atoms with Crippen molar-refractivity contribution in [2.45, 2.75) is 6.04 Å². The van der Waals surface area contributed by atoms with Crippen LogP contribution in [0.25, 0.3) is 0 Å². The molecule has 14 heavy (non-hydrogen) atoms. The Balaban J connectivity index is 2.22. The molecule has 0 aromatic heterocycles. The summed E-state index contributed by atoms with van der Waals surface area (Å²) >= 11 is 0. The number of benzene rings is 1. The number of aliphatic imine (C=N–C) groups is 1. The van der Waals surface area contributed by atoms with Crippen LogP contribution in [0.5, 0.6) is 0 Å². The fraction of sp³-hybridized carbons (Fsp3) is 0.200. The number of amidine groups is 1. The van der Waals surface area contributed by atoms with Crippen molar-refractivity contribution in [3.05, 3.63) is 35.9 Å². The first-order chi connectivity index (χ1) is 6.77. The second-order valence-corrected chi connectivity index (χ2v) is 3.08. The minimum absolute atomic E-state index is 0.375. The van der Waals surface area contributed by atoms with Crippen molar-refractivity contribution in [3.8, 4) is 0 Å². The Hall–Kier alpha value is -1.84. The van der Waals surface area contributed by atoms with Crippen LogP contribution in [0.1, 0.15) is 5.56 Å². The lowest BCUT2D eigenvalue weighted by Gasteiger charge is -1.99. The summed E-state index contributed by atoms with van der Waals surface area (Å²) in [6, 6.07) is 8.85. The zero-order valence-electron chi connectivity index (χ0n) is 7.47. The van der Waals surface area contributed by atoms with Gasteiger partial charge in [0.1, 0.15) is 5.84 Å². The largest absolute Gasteiger partial charge is 0.480 e. The number of hydrogen-bond acceptors (Lipinski definition) is 3. The average molecular weight is 190 g/mol. The van der Waals surface area contributed by atoms with Crippen molar-refractivity contribution in [2.24, 2.45) is 4.99 Å². The highest BCUT2D eigenvalue weighted by Gasteiger charge is 2.23. The molecule has 0 aliphatic carbocycles. The van der Waals surface area contributed by atoms with Crippen molar-refractivity contribution in [1.29, 1.82) is 0 Å². The van der Waals surface area contributed by atoms with E-state index in [2.05, 4.69) is 10.3 Å². The molecule has 1 aromatic rings. The molecule has 1 aromatic carbocycles. The standard InChI is InChI=1S/C10H10N2O2/c13-10(14)8-6-11-9(12-8)7-4-2-1-3-5-7/h1-5,8H,6H2,(H,11,12)(H,13,14). The summed E-state index contributed by atoms with van der Waals surface area (Å²) in [6.07, 6.45) is 0. The number of nitrogens with zero attached hydrogens (tertiary/aromatic N) is 1. The highest BCUT2D eigenvalue weighted by molar-refractivity contribution is 6.01. The molecule has 0 fully saturated rings. The maximum absolute atomic E-state index is 10.6. The normalized spacial score (nSPS) is 20.0. The number of hydrogen-bond donors (Lipinski definition) is 2. The molecule has 0 amide bonds. The summed E-state index contributed by atoms with van der Waals surface area (Å²) in [5, 5.41) is 11.7. The molecule has 0 saturated heterocycles. The van der Waals surface area contributed by atoms with Gasteiger partial charge in [0.25, 0.3) is 0 Å². The monoisotopic (exact) mass is 190 g/mol. The van der Waals surface area contributed by atoms with Crippen LogP contribution >= 0.6 is 0 Å². The zero-order valence-corrected chi connectivity index (χ0v) is 7.47. The Morgan fingerprint density at radius 1 is 1.43 bits per heavy atom. The third-order valence-electron chi connectivity index (χ3n) is 2.08. The molecule has 0 saturated carbocycles. The van der Waals surface area contributed by atoms with E-state index >= 15 is 0 Å². The third kappa shape index (κ3) is 1.59. The van der Waals surface area contributed by atoms with E-state index in [4.69, 9.17) is 5.11 Å². The predicted molar refractivity (Wildman–Crippen MR) is 52.4 cm³/mol. The summed E-state index contributed by atoms with van der Waals surface area (Å²) in [7, 11) is 0. The molecule has 0 spiro atoms. The van der Waals surface area contributed by atoms with E-state index in [0.29, 0.717) is 12.4 Å². The molecular weight excluding hydrogens is 180 g/mol. The van der Waals surface area contributed by atoms with Crippen LogP contribution in [0.2, 0.25) is 0 Å². The van der Waals surface area contributed by atoms with Crippen molar-refractivity contribution in [2.75, 3.05) is 6.54 Å². The van der Waals surface area contributed by atoms with E-state index in [0.717, 1.165) is 5.56 Å². The number of nitrogens with one attached hydrogen (secondary N) is 1. The van der Waals surface area contributed by atoms with Gasteiger partial charge in [-0.25, -0.2) is 4.79 Å². The molecule has 4 nitrogen and oxygen atoms in total. The Labute approximate surface area is 81.3 Å². The molecule has 2 rings (SSSR count). The summed E-state index contributed by atoms with van der Waals surface area (Å²) in [5.74, 6) is -0.221. The maximum atomic E-state index is 10.6. The average Bonchev–Trinajstić information content (AvgIpc) is 2.68. The van der Waals surface area contributed by atoms with Gasteiger partial charge in [-0.3, -0.25) is 4.99 Å². The molecular formula is C10H10N2O2. The number of carbonyl (C=O) groups is 1. The van der Waals surface area contributed by atoms with Crippen LogP contribution in [0.15, 0.2) is 35.3 Å². The summed E-state index contributed by atoms with van der Waals surface area (Å²) in [5.41, 5.74) is 0.927. The lowest BCUT2D eigenvalue weighted by molar-refractivity contribution is -0.138. The topological polar surface area (TPSA) is 61.7 Å². The molecule has 1 aliphatic heterocycles. The fourth-order valence-corrected chi connectivity index (χ4v) is 1.36. The number of carboxylic acids is 1. The molecule has 0 radical (unpaired) electrons. The number of aliphatic carboxylic acids is 1. The van der Waals surface area contributed by atoms with Gasteiger partial charge in [-0.15, -0.1) is 0 Å². The fourth-order valence-electron chi connectivity index (χ4n) is 1.36. The first-order valence-corrected chi connectivity index (χ1v) is 4.37. The van der Waals surface area contributed by atoms with E-state index in [1.165, 1.54) is 0 Å². The van der Waals surface area contributed by atoms with Gasteiger partial charge in [0.15, 0.2) is 6.04 Å². The van der Waals surface area contributed by atoms with E-state index < -0.39 is 12.0 Å². The van der Waals surface area contributed by atoms with Crippen molar-refractivity contribution in [3.63, 3.8) is 0 Å². The Bertz CT molecular complexity index is 373. The molecule has 1 heterocycles. The second-order valence-electron chi connectivity index (χ2n) is 3.08. The summed E-state index contributed by atoms with van der Waals surface area (Å²) < 4.78 is 0. The van der Waals surface area contributed by atoms with E-state index in [1.807, 2.05) is 30.3 Å². The molecule has 1 unspecified atom stereocenters. The van der Waals surface area contributed by atoms with Gasteiger partial charge in [0.2, 0.25) is 0 Å². The van der Waals surface area contributed by atoms with Crippen LogP contribution in [0.3, 0.4) is 0 Å². The molecule has 0 bridgehead atoms. The van der Waals surface area contributed by atoms with Gasteiger partial charge in [0.05, 0.1) is 0 Å². The van der Waals surface area contributed by atoms with Crippen molar-refractivity contribution >= 4 is 11.8 Å². The van der Waals surface area contributed by atoms with Gasteiger partial charge in [-0.1, -0.05) is 30.3 Å². The zero-order chi connectivity index (χ0) is 9.97. The smallest absolute Gasteiger partial charge is 0.330 e. The highest BCUT2D eigenvalue weighted by Crippen LogP contribution is 2.06. The van der Waals surface area contributed by atoms with Crippen LogP contribution in [-0.4, -0.2) is 29.5 Å². The molecule has 1 aliphatic rings. The number of rotatable bonds is 2.